The van der Waals surface area contributed by atoms with Crippen molar-refractivity contribution in [3.63, 3.8) is 0 Å². The molecule has 3 aromatic carbocycles. The highest BCUT2D eigenvalue weighted by Gasteiger charge is 2.70. The molecule has 3 aromatic rings. The van der Waals surface area contributed by atoms with E-state index in [4.69, 9.17) is 9.47 Å². The summed E-state index contributed by atoms with van der Waals surface area (Å²) in [6.07, 6.45) is 0.971. The van der Waals surface area contributed by atoms with Gasteiger partial charge in [-0.15, -0.1) is 0 Å². The van der Waals surface area contributed by atoms with Gasteiger partial charge in [-0.05, 0) is 54.3 Å². The van der Waals surface area contributed by atoms with Crippen LogP contribution in [0.1, 0.15) is 23.6 Å². The first-order valence-electron chi connectivity index (χ1n) is 12.8. The number of hydrogen-bond donors (Lipinski definition) is 4. The lowest BCUT2D eigenvalue weighted by atomic mass is 9.76. The number of ether oxygens (including phenoxy) is 2. The highest BCUT2D eigenvalue weighted by atomic mass is 16.7. The number of nitrogens with one attached hydrogen (secondary N) is 2. The maximum Gasteiger partial charge on any atom is 0.250 e. The smallest absolute Gasteiger partial charge is 0.250 e. The quantitative estimate of drug-likeness (QED) is 0.300. The third-order valence-corrected chi connectivity index (χ3v) is 8.30. The van der Waals surface area contributed by atoms with Crippen LogP contribution in [0.4, 0.5) is 11.4 Å². The standard InChI is InChI=1S/C29H25N3O7/c1-2-14-3-6-18-17(9-14)29(28(37)30-18)25-24(19(31-29)10-15-4-7-20(33)21(34)11-15)26(35)32(27(25)36)16-5-8-22-23(12-16)39-13-38-22/h3-9,11-12,19,24-25,31,33-34H,2,10,13H2,1H3,(H,30,37). The number of carbonyl (C=O) groups is 3. The Kier molecular flexibility index (Phi) is 4.96. The number of phenols is 2. The summed E-state index contributed by atoms with van der Waals surface area (Å²) in [4.78, 5) is 43.2. The van der Waals surface area contributed by atoms with Gasteiger partial charge in [0.25, 0.3) is 0 Å². The molecule has 7 rings (SSSR count). The minimum Gasteiger partial charge on any atom is -0.504 e. The molecular weight excluding hydrogens is 502 g/mol. The fraction of sp³-hybridized carbons (Fsp3) is 0.276. The van der Waals surface area contributed by atoms with Gasteiger partial charge in [-0.3, -0.25) is 19.7 Å². The molecule has 4 N–H and O–H groups in total. The predicted molar refractivity (Wildman–Crippen MR) is 139 cm³/mol. The molecule has 4 atom stereocenters. The largest absolute Gasteiger partial charge is 0.504 e. The van der Waals surface area contributed by atoms with Crippen LogP contribution in [0, 0.1) is 11.8 Å². The maximum absolute atomic E-state index is 14.2. The molecule has 0 saturated carbocycles. The molecule has 2 saturated heterocycles. The van der Waals surface area contributed by atoms with Gasteiger partial charge >= 0.3 is 0 Å². The molecule has 0 radical (unpaired) electrons. The van der Waals surface area contributed by atoms with Gasteiger partial charge in [-0.25, -0.2) is 4.90 Å². The van der Waals surface area contributed by atoms with Crippen LogP contribution < -0.4 is 25.0 Å². The number of nitrogens with zero attached hydrogens (tertiary/aromatic N) is 1. The van der Waals surface area contributed by atoms with E-state index in [9.17, 15) is 24.6 Å². The van der Waals surface area contributed by atoms with E-state index >= 15 is 0 Å². The van der Waals surface area contributed by atoms with Gasteiger partial charge in [0.05, 0.1) is 17.5 Å². The molecule has 198 valence electrons. The zero-order valence-electron chi connectivity index (χ0n) is 20.9. The highest BCUT2D eigenvalue weighted by Crippen LogP contribution is 2.54. The summed E-state index contributed by atoms with van der Waals surface area (Å²) in [6, 6.07) is 14.4. The molecule has 1 spiro atoms. The third kappa shape index (κ3) is 3.21. The van der Waals surface area contributed by atoms with Crippen molar-refractivity contribution in [2.45, 2.75) is 31.3 Å². The van der Waals surface area contributed by atoms with Gasteiger partial charge < -0.3 is 25.0 Å². The summed E-state index contributed by atoms with van der Waals surface area (Å²) in [5.41, 5.74) is 1.79. The summed E-state index contributed by atoms with van der Waals surface area (Å²) in [7, 11) is 0. The molecule has 0 aliphatic carbocycles. The van der Waals surface area contributed by atoms with Gasteiger partial charge in [0.1, 0.15) is 5.54 Å². The number of carbonyl (C=O) groups excluding carboxylic acids is 3. The molecule has 10 heteroatoms. The average molecular weight is 528 g/mol. The summed E-state index contributed by atoms with van der Waals surface area (Å²) in [6.45, 7) is 2.06. The van der Waals surface area contributed by atoms with E-state index in [1.165, 1.54) is 12.1 Å². The normalized spacial score (nSPS) is 26.3. The second kappa shape index (κ2) is 8.21. The second-order valence-corrected chi connectivity index (χ2v) is 10.3. The minimum absolute atomic E-state index is 0.0528. The van der Waals surface area contributed by atoms with E-state index < -0.39 is 35.2 Å². The second-order valence-electron chi connectivity index (χ2n) is 10.3. The Hall–Kier alpha value is -4.57. The number of hydrogen-bond acceptors (Lipinski definition) is 8. The number of amides is 3. The molecular formula is C29H25N3O7. The number of anilines is 2. The van der Waals surface area contributed by atoms with Crippen LogP contribution in [0.5, 0.6) is 23.0 Å². The summed E-state index contributed by atoms with van der Waals surface area (Å²) < 4.78 is 10.9. The zero-order chi connectivity index (χ0) is 27.1. The Bertz CT molecular complexity index is 1590. The Labute approximate surface area is 223 Å². The molecule has 4 aliphatic heterocycles. The van der Waals surface area contributed by atoms with Gasteiger partial charge in [-0.1, -0.05) is 25.1 Å². The molecule has 4 aliphatic rings. The molecule has 39 heavy (non-hydrogen) atoms. The fourth-order valence-electron chi connectivity index (χ4n) is 6.47. The van der Waals surface area contributed by atoms with Crippen molar-refractivity contribution in [2.24, 2.45) is 11.8 Å². The van der Waals surface area contributed by atoms with Crippen molar-refractivity contribution < 1.29 is 34.1 Å². The Morgan fingerprint density at radius 2 is 1.72 bits per heavy atom. The number of benzene rings is 3. The van der Waals surface area contributed by atoms with Crippen LogP contribution in [0.3, 0.4) is 0 Å². The molecule has 10 nitrogen and oxygen atoms in total. The molecule has 0 aromatic heterocycles. The summed E-state index contributed by atoms with van der Waals surface area (Å²) in [5.74, 6) is -2.73. The van der Waals surface area contributed by atoms with Crippen molar-refractivity contribution in [2.75, 3.05) is 17.0 Å². The zero-order valence-corrected chi connectivity index (χ0v) is 20.9. The molecule has 4 heterocycles. The lowest BCUT2D eigenvalue weighted by Crippen LogP contribution is -2.53. The first-order valence-corrected chi connectivity index (χ1v) is 12.8. The Morgan fingerprint density at radius 1 is 0.923 bits per heavy atom. The first-order chi connectivity index (χ1) is 18.8. The molecule has 4 unspecified atom stereocenters. The van der Waals surface area contributed by atoms with Crippen LogP contribution >= 0.6 is 0 Å². The van der Waals surface area contributed by atoms with Gasteiger partial charge in [0.2, 0.25) is 24.5 Å². The van der Waals surface area contributed by atoms with Crippen molar-refractivity contribution in [1.29, 1.82) is 0 Å². The predicted octanol–water partition coefficient (Wildman–Crippen LogP) is 2.56. The number of phenolic OH excluding ortho intramolecular Hbond substituents is 2. The van der Waals surface area contributed by atoms with E-state index in [2.05, 4.69) is 10.6 Å². The first kappa shape index (κ1) is 23.5. The van der Waals surface area contributed by atoms with Crippen LogP contribution in [0.15, 0.2) is 54.6 Å². The summed E-state index contributed by atoms with van der Waals surface area (Å²) >= 11 is 0. The van der Waals surface area contributed by atoms with E-state index in [1.807, 2.05) is 25.1 Å². The van der Waals surface area contributed by atoms with Gasteiger partial charge in [0.15, 0.2) is 23.0 Å². The lowest BCUT2D eigenvalue weighted by molar-refractivity contribution is -0.130. The number of aromatic hydroxyl groups is 2. The van der Waals surface area contributed by atoms with Gasteiger partial charge in [-0.2, -0.15) is 0 Å². The van der Waals surface area contributed by atoms with Crippen molar-refractivity contribution in [1.82, 2.24) is 5.32 Å². The van der Waals surface area contributed by atoms with Crippen LogP contribution in [0.25, 0.3) is 0 Å². The SMILES string of the molecule is CCc1ccc2c(c1)C1(NC(Cc3ccc(O)c(O)c3)C3C(=O)N(c4ccc5c(c4)OCO5)C(=O)C31)C(=O)N2. The van der Waals surface area contributed by atoms with E-state index in [0.29, 0.717) is 34.0 Å². The molecule has 3 amide bonds. The van der Waals surface area contributed by atoms with Crippen molar-refractivity contribution in [3.05, 3.63) is 71.3 Å². The minimum atomic E-state index is -1.45. The van der Waals surface area contributed by atoms with Crippen LogP contribution in [-0.2, 0) is 32.8 Å². The topological polar surface area (TPSA) is 137 Å². The maximum atomic E-state index is 14.2. The monoisotopic (exact) mass is 527 g/mol. The van der Waals surface area contributed by atoms with Crippen molar-refractivity contribution in [3.8, 4) is 23.0 Å². The lowest BCUT2D eigenvalue weighted by Gasteiger charge is -2.30. The number of fused-ring (bicyclic) bond motifs is 5. The van der Waals surface area contributed by atoms with E-state index in [0.717, 1.165) is 16.9 Å². The van der Waals surface area contributed by atoms with E-state index in [1.54, 1.807) is 24.3 Å². The van der Waals surface area contributed by atoms with Crippen molar-refractivity contribution >= 4 is 29.1 Å². The van der Waals surface area contributed by atoms with Gasteiger partial charge in [0, 0.05) is 23.4 Å². The average Bonchev–Trinajstić information content (AvgIpc) is 3.65. The number of imide groups is 1. The Balaban J connectivity index is 1.36. The fourth-order valence-corrected chi connectivity index (χ4v) is 6.47. The highest BCUT2D eigenvalue weighted by molar-refractivity contribution is 6.26. The van der Waals surface area contributed by atoms with E-state index in [-0.39, 0.29) is 30.6 Å². The van der Waals surface area contributed by atoms with Crippen LogP contribution in [-0.4, -0.2) is 40.8 Å². The summed E-state index contributed by atoms with van der Waals surface area (Å²) in [5, 5.41) is 26.2. The Morgan fingerprint density at radius 3 is 2.51 bits per heavy atom. The number of aryl methyl sites for hydroxylation is 1. The third-order valence-electron chi connectivity index (χ3n) is 8.30. The molecule has 0 bridgehead atoms. The van der Waals surface area contributed by atoms with Crippen LogP contribution in [0.2, 0.25) is 0 Å². The molecule has 2 fully saturated rings. The number of rotatable bonds is 4.